The van der Waals surface area contributed by atoms with Crippen LogP contribution in [-0.4, -0.2) is 37.2 Å². The normalized spacial score (nSPS) is 13.1. The van der Waals surface area contributed by atoms with Gasteiger partial charge in [-0.05, 0) is 135 Å². The first-order valence-electron chi connectivity index (χ1n) is 33.3. The van der Waals surface area contributed by atoms with Crippen molar-refractivity contribution in [1.82, 2.24) is 0 Å². The summed E-state index contributed by atoms with van der Waals surface area (Å²) in [7, 11) is 0. The Balaban J connectivity index is 4.35. The average Bonchev–Trinajstić information content (AvgIpc) is 3.47. The zero-order valence-electron chi connectivity index (χ0n) is 52.5. The highest BCUT2D eigenvalue weighted by Crippen LogP contribution is 2.16. The molecule has 0 N–H and O–H groups in total. The standard InChI is InChI=1S/C75H122O6/c1-4-7-10-13-16-19-22-25-28-30-32-33-34-35-36-37-38-39-40-41-43-44-47-50-53-56-59-62-65-68-74(77)80-71-72(70-79-73(76)67-64-61-58-55-52-49-46-27-24-21-18-15-12-9-6-3)81-75(78)69-66-63-60-57-54-51-48-45-42-31-29-26-23-20-17-14-11-8-5-2/h7-12,16-21,25-29,32-33,42,45-46,51,54,72H,4-6,13-15,22-24,30-31,34-41,43-44,47-50,52-53,55-71H2,1-3H3/b10-7-,11-8-,12-9-,19-16-,20-17-,21-18-,28-25-,29-26-,33-32-,45-42-,46-27-,54-51-. The van der Waals surface area contributed by atoms with Crippen LogP contribution in [0.2, 0.25) is 0 Å². The van der Waals surface area contributed by atoms with Crippen LogP contribution in [0.3, 0.4) is 0 Å². The van der Waals surface area contributed by atoms with E-state index in [1.54, 1.807) is 0 Å². The van der Waals surface area contributed by atoms with Crippen LogP contribution in [0.15, 0.2) is 146 Å². The molecule has 458 valence electrons. The van der Waals surface area contributed by atoms with Crippen LogP contribution >= 0.6 is 0 Å². The van der Waals surface area contributed by atoms with E-state index in [0.717, 1.165) is 161 Å². The molecular formula is C75H122O6. The van der Waals surface area contributed by atoms with Gasteiger partial charge in [0.05, 0.1) is 0 Å². The molecule has 1 atom stereocenters. The van der Waals surface area contributed by atoms with E-state index in [1.165, 1.54) is 89.9 Å². The molecule has 6 nitrogen and oxygen atoms in total. The van der Waals surface area contributed by atoms with Gasteiger partial charge in [0.1, 0.15) is 13.2 Å². The molecule has 0 aliphatic rings. The van der Waals surface area contributed by atoms with Crippen LogP contribution < -0.4 is 0 Å². The van der Waals surface area contributed by atoms with E-state index < -0.39 is 6.10 Å². The Kier molecular flexibility index (Phi) is 63.9. The molecule has 0 aromatic carbocycles. The second-order valence-corrected chi connectivity index (χ2v) is 21.6. The lowest BCUT2D eigenvalue weighted by atomic mass is 10.0. The van der Waals surface area contributed by atoms with E-state index in [9.17, 15) is 14.4 Å². The van der Waals surface area contributed by atoms with E-state index in [0.29, 0.717) is 12.8 Å². The number of carbonyl (C=O) groups is 3. The Bertz CT molecular complexity index is 1760. The summed E-state index contributed by atoms with van der Waals surface area (Å²) in [5.41, 5.74) is 0. The van der Waals surface area contributed by atoms with Crippen molar-refractivity contribution in [3.05, 3.63) is 146 Å². The third kappa shape index (κ3) is 66.0. The lowest BCUT2D eigenvalue weighted by Gasteiger charge is -2.18. The molecule has 0 spiro atoms. The number of carbonyl (C=O) groups excluding carboxylic acids is 3. The minimum absolute atomic E-state index is 0.100. The molecule has 0 aromatic rings. The number of hydrogen-bond acceptors (Lipinski definition) is 6. The predicted molar refractivity (Wildman–Crippen MR) is 352 cm³/mol. The van der Waals surface area contributed by atoms with Crippen molar-refractivity contribution in [3.8, 4) is 0 Å². The van der Waals surface area contributed by atoms with Crippen molar-refractivity contribution >= 4 is 17.9 Å². The molecule has 6 heteroatoms. The summed E-state index contributed by atoms with van der Waals surface area (Å²) < 4.78 is 16.9. The third-order valence-electron chi connectivity index (χ3n) is 13.8. The summed E-state index contributed by atoms with van der Waals surface area (Å²) in [6.07, 6.45) is 97.2. The molecule has 0 saturated heterocycles. The summed E-state index contributed by atoms with van der Waals surface area (Å²) in [5, 5.41) is 0. The lowest BCUT2D eigenvalue weighted by molar-refractivity contribution is -0.167. The molecule has 0 bridgehead atoms. The van der Waals surface area contributed by atoms with Crippen molar-refractivity contribution in [3.63, 3.8) is 0 Å². The maximum Gasteiger partial charge on any atom is 0.306 e. The Hall–Kier alpha value is -4.71. The van der Waals surface area contributed by atoms with Crippen LogP contribution in [0.4, 0.5) is 0 Å². The van der Waals surface area contributed by atoms with E-state index in [-0.39, 0.29) is 37.5 Å². The molecule has 0 aliphatic carbocycles. The molecule has 0 fully saturated rings. The zero-order valence-corrected chi connectivity index (χ0v) is 52.5. The summed E-state index contributed by atoms with van der Waals surface area (Å²) in [5.74, 6) is -0.947. The fourth-order valence-corrected chi connectivity index (χ4v) is 8.95. The molecule has 0 aliphatic heterocycles. The highest BCUT2D eigenvalue weighted by molar-refractivity contribution is 5.71. The van der Waals surface area contributed by atoms with Crippen molar-refractivity contribution in [1.29, 1.82) is 0 Å². The van der Waals surface area contributed by atoms with Crippen LogP contribution in [-0.2, 0) is 28.6 Å². The molecule has 0 amide bonds. The zero-order chi connectivity index (χ0) is 58.5. The maximum absolute atomic E-state index is 12.9. The Morgan fingerprint density at radius 2 is 0.444 bits per heavy atom. The molecule has 0 radical (unpaired) electrons. The van der Waals surface area contributed by atoms with Crippen LogP contribution in [0, 0.1) is 0 Å². The van der Waals surface area contributed by atoms with Gasteiger partial charge in [0, 0.05) is 19.3 Å². The lowest BCUT2D eigenvalue weighted by Crippen LogP contribution is -2.30. The summed E-state index contributed by atoms with van der Waals surface area (Å²) in [6, 6.07) is 0. The minimum Gasteiger partial charge on any atom is -0.462 e. The number of ether oxygens (including phenoxy) is 3. The fourth-order valence-electron chi connectivity index (χ4n) is 8.95. The SMILES string of the molecule is CC/C=C\C/C=C\C/C=C\C/C=C\C/C=C\CCCCCC(=O)OC(COC(=O)CCCCCCC/C=C\C/C=C\C/C=C\CC)COC(=O)CCCCCCCCCCCCCCCCCC/C=C\C/C=C\C/C=C\C/C=C\CC. The van der Waals surface area contributed by atoms with Crippen molar-refractivity contribution in [2.45, 2.75) is 297 Å². The monoisotopic (exact) mass is 1120 g/mol. The van der Waals surface area contributed by atoms with Gasteiger partial charge in [-0.3, -0.25) is 14.4 Å². The van der Waals surface area contributed by atoms with Crippen LogP contribution in [0.25, 0.3) is 0 Å². The fraction of sp³-hybridized carbons (Fsp3) is 0.640. The second kappa shape index (κ2) is 67.8. The van der Waals surface area contributed by atoms with Gasteiger partial charge in [-0.2, -0.15) is 0 Å². The van der Waals surface area contributed by atoms with Gasteiger partial charge >= 0.3 is 17.9 Å². The Morgan fingerprint density at radius 1 is 0.247 bits per heavy atom. The molecule has 0 saturated carbocycles. The van der Waals surface area contributed by atoms with Gasteiger partial charge in [0.2, 0.25) is 0 Å². The largest absolute Gasteiger partial charge is 0.462 e. The third-order valence-corrected chi connectivity index (χ3v) is 13.8. The first-order valence-corrected chi connectivity index (χ1v) is 33.3. The molecular weight excluding hydrogens is 997 g/mol. The molecule has 81 heavy (non-hydrogen) atoms. The molecule has 0 rings (SSSR count). The number of hydrogen-bond donors (Lipinski definition) is 0. The van der Waals surface area contributed by atoms with E-state index in [2.05, 4.69) is 167 Å². The first kappa shape index (κ1) is 76.3. The summed E-state index contributed by atoms with van der Waals surface area (Å²) in [4.78, 5) is 38.4. The molecule has 0 heterocycles. The quantitative estimate of drug-likeness (QED) is 0.0261. The summed E-state index contributed by atoms with van der Waals surface area (Å²) in [6.45, 7) is 6.27. The van der Waals surface area contributed by atoms with Crippen molar-refractivity contribution in [2.75, 3.05) is 13.2 Å². The number of esters is 3. The number of allylic oxidation sites excluding steroid dienone is 24. The van der Waals surface area contributed by atoms with E-state index in [4.69, 9.17) is 14.2 Å². The van der Waals surface area contributed by atoms with Gasteiger partial charge in [0.15, 0.2) is 6.10 Å². The van der Waals surface area contributed by atoms with Gasteiger partial charge in [-0.25, -0.2) is 0 Å². The van der Waals surface area contributed by atoms with Crippen LogP contribution in [0.5, 0.6) is 0 Å². The Labute approximate surface area is 499 Å². The Morgan fingerprint density at radius 3 is 0.704 bits per heavy atom. The van der Waals surface area contributed by atoms with Gasteiger partial charge in [-0.15, -0.1) is 0 Å². The van der Waals surface area contributed by atoms with Crippen molar-refractivity contribution < 1.29 is 28.6 Å². The number of rotatable bonds is 59. The smallest absolute Gasteiger partial charge is 0.306 e. The predicted octanol–water partition coefficient (Wildman–Crippen LogP) is 23.1. The second-order valence-electron chi connectivity index (χ2n) is 21.6. The minimum atomic E-state index is -0.809. The molecule has 1 unspecified atom stereocenters. The highest BCUT2D eigenvalue weighted by Gasteiger charge is 2.19. The van der Waals surface area contributed by atoms with Gasteiger partial charge < -0.3 is 14.2 Å². The average molecular weight is 1120 g/mol. The maximum atomic E-state index is 12.9. The van der Waals surface area contributed by atoms with E-state index in [1.807, 2.05) is 0 Å². The van der Waals surface area contributed by atoms with Gasteiger partial charge in [-0.1, -0.05) is 282 Å². The van der Waals surface area contributed by atoms with E-state index >= 15 is 0 Å². The molecule has 0 aromatic heterocycles. The van der Waals surface area contributed by atoms with Gasteiger partial charge in [0.25, 0.3) is 0 Å². The highest BCUT2D eigenvalue weighted by atomic mass is 16.6. The number of unbranched alkanes of at least 4 members (excludes halogenated alkanes) is 24. The first-order chi connectivity index (χ1) is 40.0. The topological polar surface area (TPSA) is 78.9 Å². The van der Waals surface area contributed by atoms with Crippen LogP contribution in [0.1, 0.15) is 290 Å². The summed E-state index contributed by atoms with van der Waals surface area (Å²) >= 11 is 0. The van der Waals surface area contributed by atoms with Crippen molar-refractivity contribution in [2.24, 2.45) is 0 Å².